The lowest BCUT2D eigenvalue weighted by Crippen LogP contribution is -2.60. The molecule has 1 aliphatic heterocycles. The van der Waals surface area contributed by atoms with Crippen molar-refractivity contribution < 1.29 is 28.8 Å². The molecule has 0 bridgehead atoms. The van der Waals surface area contributed by atoms with E-state index in [-0.39, 0.29) is 5.12 Å². The molecule has 1 saturated heterocycles. The van der Waals surface area contributed by atoms with Crippen molar-refractivity contribution in [3.05, 3.63) is 71.8 Å². The molecule has 0 spiro atoms. The fraction of sp³-hybridized carbons (Fsp3) is 0.435. The van der Waals surface area contributed by atoms with E-state index in [1.165, 1.54) is 14.0 Å². The summed E-state index contributed by atoms with van der Waals surface area (Å²) in [5.41, 5.74) is 1.99. The number of methoxy groups -OCH3 is 1. The van der Waals surface area contributed by atoms with Gasteiger partial charge in [-0.1, -0.05) is 72.4 Å². The normalized spacial score (nSPS) is 26.4. The number of hydrogen-bond acceptors (Lipinski definition) is 7. The van der Waals surface area contributed by atoms with Crippen LogP contribution in [0.4, 0.5) is 0 Å². The average Bonchev–Trinajstić information content (AvgIpc) is 2.77. The van der Waals surface area contributed by atoms with Crippen LogP contribution in [0.5, 0.6) is 0 Å². The van der Waals surface area contributed by atoms with Crippen LogP contribution in [0.1, 0.15) is 18.1 Å². The van der Waals surface area contributed by atoms with Crippen LogP contribution in [0.25, 0.3) is 0 Å². The number of thioether (sulfide) groups is 1. The Morgan fingerprint density at radius 2 is 1.50 bits per heavy atom. The average molecular weight is 433 g/mol. The minimum Gasteiger partial charge on any atom is -0.388 e. The Morgan fingerprint density at radius 1 is 0.967 bits per heavy atom. The van der Waals surface area contributed by atoms with Crippen molar-refractivity contribution >= 4 is 16.9 Å². The van der Waals surface area contributed by atoms with Gasteiger partial charge in [0.2, 0.25) is 0 Å². The third-order valence-corrected chi connectivity index (χ3v) is 5.77. The molecule has 1 aliphatic rings. The van der Waals surface area contributed by atoms with E-state index in [2.05, 4.69) is 0 Å². The molecule has 1 heterocycles. The van der Waals surface area contributed by atoms with E-state index >= 15 is 0 Å². The number of aliphatic hydroxyl groups is 1. The summed E-state index contributed by atoms with van der Waals surface area (Å²) in [7, 11) is 1.53. The van der Waals surface area contributed by atoms with Gasteiger partial charge in [0.25, 0.3) is 0 Å². The second kappa shape index (κ2) is 11.6. The molecule has 162 valence electrons. The highest BCUT2D eigenvalue weighted by Crippen LogP contribution is 2.29. The van der Waals surface area contributed by atoms with E-state index in [9.17, 15) is 9.90 Å². The van der Waals surface area contributed by atoms with Crippen molar-refractivity contribution in [2.45, 2.75) is 50.8 Å². The molecule has 0 unspecified atom stereocenters. The first-order valence-corrected chi connectivity index (χ1v) is 10.9. The maximum Gasteiger partial charge on any atom is 0.186 e. The lowest BCUT2D eigenvalue weighted by atomic mass is 9.99. The van der Waals surface area contributed by atoms with Gasteiger partial charge in [-0.05, 0) is 11.1 Å². The van der Waals surface area contributed by atoms with Crippen LogP contribution in [-0.4, -0.2) is 53.8 Å². The number of carbonyl (C=O) groups excluding carboxylic acids is 1. The van der Waals surface area contributed by atoms with Gasteiger partial charge < -0.3 is 24.1 Å². The van der Waals surface area contributed by atoms with Crippen LogP contribution in [0.15, 0.2) is 60.7 Å². The molecule has 2 aromatic carbocycles. The monoisotopic (exact) mass is 432 g/mol. The smallest absolute Gasteiger partial charge is 0.186 e. The fourth-order valence-corrected chi connectivity index (χ4v) is 3.99. The molecule has 3 rings (SSSR count). The van der Waals surface area contributed by atoms with Gasteiger partial charge in [0.05, 0.1) is 19.3 Å². The van der Waals surface area contributed by atoms with Crippen molar-refractivity contribution in [1.82, 2.24) is 0 Å². The Kier molecular flexibility index (Phi) is 8.87. The Balaban J connectivity index is 1.75. The van der Waals surface area contributed by atoms with E-state index in [1.54, 1.807) is 0 Å². The van der Waals surface area contributed by atoms with E-state index < -0.39 is 30.7 Å². The van der Waals surface area contributed by atoms with Gasteiger partial charge >= 0.3 is 0 Å². The summed E-state index contributed by atoms with van der Waals surface area (Å²) in [6.45, 7) is 2.14. The molecule has 7 heteroatoms. The zero-order chi connectivity index (χ0) is 21.3. The van der Waals surface area contributed by atoms with Crippen LogP contribution in [0.3, 0.4) is 0 Å². The summed E-state index contributed by atoms with van der Waals surface area (Å²) < 4.78 is 23.7. The topological polar surface area (TPSA) is 74.2 Å². The van der Waals surface area contributed by atoms with Crippen LogP contribution in [-0.2, 0) is 37.0 Å². The SMILES string of the molecule is CO[C@H]1O[C@H](CSC(C)=O)[C@@H](O)[C@H](OCc2ccccc2)[C@H]1OCc1ccccc1. The molecule has 1 N–H and O–H groups in total. The van der Waals surface area contributed by atoms with Crippen molar-refractivity contribution in [1.29, 1.82) is 0 Å². The number of aliphatic hydroxyl groups excluding tert-OH is 1. The number of benzene rings is 2. The largest absolute Gasteiger partial charge is 0.388 e. The van der Waals surface area contributed by atoms with Crippen LogP contribution in [0, 0.1) is 0 Å². The van der Waals surface area contributed by atoms with Gasteiger partial charge in [0.1, 0.15) is 18.3 Å². The van der Waals surface area contributed by atoms with Crippen molar-refractivity contribution in [3.8, 4) is 0 Å². The molecule has 0 saturated carbocycles. The summed E-state index contributed by atoms with van der Waals surface area (Å²) in [4.78, 5) is 11.4. The predicted octanol–water partition coefficient (Wildman–Crippen LogP) is 3.17. The van der Waals surface area contributed by atoms with Gasteiger partial charge in [-0.15, -0.1) is 0 Å². The highest BCUT2D eigenvalue weighted by molar-refractivity contribution is 8.13. The third-order valence-electron chi connectivity index (χ3n) is 4.87. The van der Waals surface area contributed by atoms with E-state index in [0.29, 0.717) is 19.0 Å². The fourth-order valence-electron chi connectivity index (χ4n) is 3.32. The first-order chi connectivity index (χ1) is 14.6. The molecule has 5 atom stereocenters. The number of ether oxygens (including phenoxy) is 4. The number of carbonyl (C=O) groups is 1. The number of hydrogen-bond donors (Lipinski definition) is 1. The minimum absolute atomic E-state index is 0.0380. The molecule has 0 aromatic heterocycles. The summed E-state index contributed by atoms with van der Waals surface area (Å²) in [6.07, 6.45) is -3.61. The van der Waals surface area contributed by atoms with E-state index in [0.717, 1.165) is 22.9 Å². The second-order valence-electron chi connectivity index (χ2n) is 7.09. The molecule has 2 aromatic rings. The number of rotatable bonds is 9. The summed E-state index contributed by atoms with van der Waals surface area (Å²) in [6, 6.07) is 19.5. The second-order valence-corrected chi connectivity index (χ2v) is 8.29. The Hall–Kier alpha value is -1.74. The van der Waals surface area contributed by atoms with Crippen LogP contribution >= 0.6 is 11.8 Å². The highest BCUT2D eigenvalue weighted by atomic mass is 32.2. The van der Waals surface area contributed by atoms with Crippen LogP contribution < -0.4 is 0 Å². The quantitative estimate of drug-likeness (QED) is 0.652. The maximum absolute atomic E-state index is 11.4. The maximum atomic E-state index is 11.4. The molecular weight excluding hydrogens is 404 g/mol. The van der Waals surface area contributed by atoms with Crippen LogP contribution in [0.2, 0.25) is 0 Å². The molecule has 6 nitrogen and oxygen atoms in total. The predicted molar refractivity (Wildman–Crippen MR) is 115 cm³/mol. The van der Waals surface area contributed by atoms with Gasteiger partial charge in [-0.25, -0.2) is 0 Å². The highest BCUT2D eigenvalue weighted by Gasteiger charge is 2.47. The van der Waals surface area contributed by atoms with E-state index in [4.69, 9.17) is 18.9 Å². The standard InChI is InChI=1S/C23H28O6S/c1-16(24)30-15-19-20(25)21(27-13-17-9-5-3-6-10-17)22(23(26-2)29-19)28-14-18-11-7-4-8-12-18/h3-12,19-23,25H,13-15H2,1-2H3/t19-,20-,21+,22-,23+/m1/s1. The minimum atomic E-state index is -0.965. The Labute approximate surface area is 181 Å². The zero-order valence-electron chi connectivity index (χ0n) is 17.2. The van der Waals surface area contributed by atoms with Gasteiger partial charge in [0.15, 0.2) is 11.4 Å². The van der Waals surface area contributed by atoms with Gasteiger partial charge in [0, 0.05) is 19.8 Å². The first-order valence-electron chi connectivity index (χ1n) is 9.89. The molecule has 0 aliphatic carbocycles. The molecular formula is C23H28O6S. The lowest BCUT2D eigenvalue weighted by molar-refractivity contribution is -0.306. The van der Waals surface area contributed by atoms with Gasteiger partial charge in [-0.2, -0.15) is 0 Å². The molecule has 1 fully saturated rings. The van der Waals surface area contributed by atoms with Gasteiger partial charge in [-0.3, -0.25) is 4.79 Å². The van der Waals surface area contributed by atoms with Crippen molar-refractivity contribution in [2.75, 3.05) is 12.9 Å². The van der Waals surface area contributed by atoms with Crippen molar-refractivity contribution in [3.63, 3.8) is 0 Å². The Morgan fingerprint density at radius 3 is 2.00 bits per heavy atom. The summed E-state index contributed by atoms with van der Waals surface area (Å²) in [5, 5.41) is 11.0. The summed E-state index contributed by atoms with van der Waals surface area (Å²) >= 11 is 1.11. The lowest BCUT2D eigenvalue weighted by Gasteiger charge is -2.43. The molecule has 0 radical (unpaired) electrons. The molecule has 0 amide bonds. The Bertz CT molecular complexity index is 772. The molecule has 30 heavy (non-hydrogen) atoms. The third kappa shape index (κ3) is 6.38. The van der Waals surface area contributed by atoms with Crippen molar-refractivity contribution in [2.24, 2.45) is 0 Å². The first kappa shape index (κ1) is 22.9. The summed E-state index contributed by atoms with van der Waals surface area (Å²) in [5.74, 6) is 0.312. The zero-order valence-corrected chi connectivity index (χ0v) is 18.0. The van der Waals surface area contributed by atoms with E-state index in [1.807, 2.05) is 60.7 Å².